The van der Waals surface area contributed by atoms with Gasteiger partial charge in [0.25, 0.3) is 5.91 Å². The summed E-state index contributed by atoms with van der Waals surface area (Å²) in [4.78, 5) is 25.8. The van der Waals surface area contributed by atoms with E-state index in [9.17, 15) is 14.9 Å². The Hall–Kier alpha value is -3.13. The van der Waals surface area contributed by atoms with Crippen molar-refractivity contribution in [1.29, 1.82) is 5.26 Å². The van der Waals surface area contributed by atoms with Gasteiger partial charge in [-0.05, 0) is 35.2 Å². The Bertz CT molecular complexity index is 858. The molecule has 2 aromatic rings. The maximum atomic E-state index is 12.3. The molecular weight excluding hydrogens is 338 g/mol. The van der Waals surface area contributed by atoms with Crippen LogP contribution >= 0.6 is 0 Å². The van der Waals surface area contributed by atoms with Crippen molar-refractivity contribution in [3.63, 3.8) is 0 Å². The van der Waals surface area contributed by atoms with Crippen LogP contribution in [0.15, 0.2) is 48.5 Å². The zero-order valence-electron chi connectivity index (χ0n) is 16.2. The Morgan fingerprint density at radius 2 is 1.70 bits per heavy atom. The van der Waals surface area contributed by atoms with E-state index in [1.54, 1.807) is 24.3 Å². The smallest absolute Gasteiger partial charge is 0.251 e. The molecule has 2 amide bonds. The maximum absolute atomic E-state index is 12.3. The SMILES string of the molecule is CC(=O)N(CCNC(=O)c1ccc(C(C)(C)C)cc1)c1ccccc1C#N. The molecule has 27 heavy (non-hydrogen) atoms. The number of nitrogens with one attached hydrogen (secondary N) is 1. The van der Waals surface area contributed by atoms with E-state index < -0.39 is 0 Å². The van der Waals surface area contributed by atoms with E-state index in [-0.39, 0.29) is 17.2 Å². The lowest BCUT2D eigenvalue weighted by atomic mass is 9.87. The molecule has 0 atom stereocenters. The Labute approximate surface area is 160 Å². The molecule has 140 valence electrons. The number of hydrogen-bond donors (Lipinski definition) is 1. The third-order valence-electron chi connectivity index (χ3n) is 4.33. The lowest BCUT2D eigenvalue weighted by Gasteiger charge is -2.22. The first-order valence-electron chi connectivity index (χ1n) is 8.90. The van der Waals surface area contributed by atoms with Crippen molar-refractivity contribution in [2.24, 2.45) is 0 Å². The summed E-state index contributed by atoms with van der Waals surface area (Å²) in [6, 6.07) is 16.6. The molecule has 0 spiro atoms. The molecule has 2 aromatic carbocycles. The van der Waals surface area contributed by atoms with E-state index in [1.807, 2.05) is 24.3 Å². The monoisotopic (exact) mass is 363 g/mol. The molecule has 0 saturated carbocycles. The first kappa shape index (κ1) is 20.2. The number of amides is 2. The van der Waals surface area contributed by atoms with Gasteiger partial charge in [0.05, 0.1) is 11.3 Å². The summed E-state index contributed by atoms with van der Waals surface area (Å²) in [5.74, 6) is -0.367. The third-order valence-corrected chi connectivity index (χ3v) is 4.33. The number of nitrogens with zero attached hydrogens (tertiary/aromatic N) is 2. The number of hydrogen-bond acceptors (Lipinski definition) is 3. The molecule has 1 N–H and O–H groups in total. The van der Waals surface area contributed by atoms with Crippen LogP contribution in [0, 0.1) is 11.3 Å². The molecule has 0 aromatic heterocycles. The molecule has 0 saturated heterocycles. The van der Waals surface area contributed by atoms with Crippen LogP contribution in [0.4, 0.5) is 5.69 Å². The number of rotatable bonds is 5. The van der Waals surface area contributed by atoms with Gasteiger partial charge >= 0.3 is 0 Å². The minimum Gasteiger partial charge on any atom is -0.350 e. The minimum absolute atomic E-state index is 0.0329. The molecular formula is C22H25N3O2. The van der Waals surface area contributed by atoms with E-state index in [2.05, 4.69) is 32.2 Å². The molecule has 5 heteroatoms. The zero-order chi connectivity index (χ0) is 20.0. The summed E-state index contributed by atoms with van der Waals surface area (Å²) in [6.45, 7) is 8.40. The van der Waals surface area contributed by atoms with Crippen molar-refractivity contribution in [3.05, 3.63) is 65.2 Å². The molecule has 0 radical (unpaired) electrons. The van der Waals surface area contributed by atoms with Gasteiger partial charge in [-0.25, -0.2) is 0 Å². The van der Waals surface area contributed by atoms with E-state index in [1.165, 1.54) is 11.8 Å². The topological polar surface area (TPSA) is 73.2 Å². The van der Waals surface area contributed by atoms with Crippen molar-refractivity contribution >= 4 is 17.5 Å². The number of carbonyl (C=O) groups excluding carboxylic acids is 2. The number of benzene rings is 2. The summed E-state index contributed by atoms with van der Waals surface area (Å²) in [7, 11) is 0. The molecule has 0 fully saturated rings. The highest BCUT2D eigenvalue weighted by Crippen LogP contribution is 2.22. The quantitative estimate of drug-likeness (QED) is 0.881. The number of para-hydroxylation sites is 1. The second-order valence-electron chi connectivity index (χ2n) is 7.38. The number of anilines is 1. The average molecular weight is 363 g/mol. The first-order chi connectivity index (χ1) is 12.7. The summed E-state index contributed by atoms with van der Waals surface area (Å²) < 4.78 is 0. The summed E-state index contributed by atoms with van der Waals surface area (Å²) in [5.41, 5.74) is 2.75. The van der Waals surface area contributed by atoms with E-state index in [4.69, 9.17) is 0 Å². The van der Waals surface area contributed by atoms with E-state index >= 15 is 0 Å². The van der Waals surface area contributed by atoms with Crippen LogP contribution in [0.5, 0.6) is 0 Å². The fourth-order valence-electron chi connectivity index (χ4n) is 2.76. The zero-order valence-corrected chi connectivity index (χ0v) is 16.2. The second-order valence-corrected chi connectivity index (χ2v) is 7.38. The van der Waals surface area contributed by atoms with Gasteiger partial charge in [-0.1, -0.05) is 45.0 Å². The number of nitriles is 1. The summed E-state index contributed by atoms with van der Waals surface area (Å²) in [5, 5.41) is 12.1. The van der Waals surface area contributed by atoms with Crippen LogP contribution in [-0.4, -0.2) is 24.9 Å². The largest absolute Gasteiger partial charge is 0.350 e. The van der Waals surface area contributed by atoms with Crippen LogP contribution in [-0.2, 0) is 10.2 Å². The van der Waals surface area contributed by atoms with Gasteiger partial charge in [-0.2, -0.15) is 5.26 Å². The minimum atomic E-state index is -0.187. The van der Waals surface area contributed by atoms with Crippen molar-refractivity contribution in [1.82, 2.24) is 5.32 Å². The van der Waals surface area contributed by atoms with Crippen LogP contribution < -0.4 is 10.2 Å². The van der Waals surface area contributed by atoms with Gasteiger partial charge in [-0.3, -0.25) is 9.59 Å². The molecule has 5 nitrogen and oxygen atoms in total. The lowest BCUT2D eigenvalue weighted by Crippen LogP contribution is -2.38. The van der Waals surface area contributed by atoms with Gasteiger partial charge in [0.15, 0.2) is 0 Å². The first-order valence-corrected chi connectivity index (χ1v) is 8.90. The predicted octanol–water partition coefficient (Wildman–Crippen LogP) is 3.64. The van der Waals surface area contributed by atoms with Crippen LogP contribution in [0.2, 0.25) is 0 Å². The molecule has 2 rings (SSSR count). The van der Waals surface area contributed by atoms with Crippen LogP contribution in [0.3, 0.4) is 0 Å². The van der Waals surface area contributed by atoms with Gasteiger partial charge < -0.3 is 10.2 Å². The Kier molecular flexibility index (Phi) is 6.36. The highest BCUT2D eigenvalue weighted by molar-refractivity contribution is 5.95. The van der Waals surface area contributed by atoms with Gasteiger partial charge in [-0.15, -0.1) is 0 Å². The number of carbonyl (C=O) groups is 2. The molecule has 0 aliphatic carbocycles. The lowest BCUT2D eigenvalue weighted by molar-refractivity contribution is -0.116. The van der Waals surface area contributed by atoms with Crippen molar-refractivity contribution in [2.75, 3.05) is 18.0 Å². The highest BCUT2D eigenvalue weighted by atomic mass is 16.2. The second kappa shape index (κ2) is 8.50. The molecule has 0 aliphatic heterocycles. The Morgan fingerprint density at radius 1 is 1.07 bits per heavy atom. The van der Waals surface area contributed by atoms with Gasteiger partial charge in [0.2, 0.25) is 5.91 Å². The van der Waals surface area contributed by atoms with Gasteiger partial charge in [0.1, 0.15) is 6.07 Å². The Balaban J connectivity index is 2.02. The van der Waals surface area contributed by atoms with Crippen LogP contribution in [0.25, 0.3) is 0 Å². The van der Waals surface area contributed by atoms with E-state index in [0.29, 0.717) is 29.9 Å². The molecule has 0 heterocycles. The van der Waals surface area contributed by atoms with Crippen molar-refractivity contribution in [2.45, 2.75) is 33.1 Å². The summed E-state index contributed by atoms with van der Waals surface area (Å²) >= 11 is 0. The normalized spacial score (nSPS) is 10.8. The average Bonchev–Trinajstić information content (AvgIpc) is 2.64. The van der Waals surface area contributed by atoms with Crippen molar-refractivity contribution < 1.29 is 9.59 Å². The van der Waals surface area contributed by atoms with Gasteiger partial charge in [0, 0.05) is 25.6 Å². The predicted molar refractivity (Wildman–Crippen MR) is 107 cm³/mol. The summed E-state index contributed by atoms with van der Waals surface area (Å²) in [6.07, 6.45) is 0. The molecule has 0 unspecified atom stereocenters. The van der Waals surface area contributed by atoms with E-state index in [0.717, 1.165) is 5.56 Å². The highest BCUT2D eigenvalue weighted by Gasteiger charge is 2.16. The van der Waals surface area contributed by atoms with Crippen LogP contribution in [0.1, 0.15) is 49.2 Å². The fourth-order valence-corrected chi connectivity index (χ4v) is 2.76. The standard InChI is InChI=1S/C22H25N3O2/c1-16(26)25(20-8-6-5-7-18(20)15-23)14-13-24-21(27)17-9-11-19(12-10-17)22(2,3)4/h5-12H,13-14H2,1-4H3,(H,24,27). The fraction of sp³-hybridized carbons (Fsp3) is 0.318. The third kappa shape index (κ3) is 5.18. The Morgan fingerprint density at radius 3 is 2.26 bits per heavy atom. The molecule has 0 bridgehead atoms. The van der Waals surface area contributed by atoms with Crippen molar-refractivity contribution in [3.8, 4) is 6.07 Å². The molecule has 0 aliphatic rings. The maximum Gasteiger partial charge on any atom is 0.251 e.